The molecule has 0 saturated carbocycles. The van der Waals surface area contributed by atoms with Crippen LogP contribution in [0.25, 0.3) is 0 Å². The molecule has 0 bridgehead atoms. The number of aryl methyl sites for hydroxylation is 2. The maximum absolute atomic E-state index is 11.8. The standard InChI is InChI=1S/C17H20N2O3/c1-12-10-13(2)19-17(21)15(12)11-18-16(20)8-9-22-14-6-4-3-5-7-14/h3-7,10H,8-9,11H2,1-2H3,(H,18,20)(H,19,21). The predicted molar refractivity (Wildman–Crippen MR) is 84.9 cm³/mol. The Labute approximate surface area is 129 Å². The highest BCUT2D eigenvalue weighted by Gasteiger charge is 2.07. The van der Waals surface area contributed by atoms with E-state index in [-0.39, 0.29) is 24.4 Å². The van der Waals surface area contributed by atoms with Crippen molar-refractivity contribution in [2.45, 2.75) is 26.8 Å². The van der Waals surface area contributed by atoms with E-state index in [0.717, 1.165) is 17.0 Å². The first-order valence-corrected chi connectivity index (χ1v) is 7.20. The second-order valence-electron chi connectivity index (χ2n) is 5.13. The van der Waals surface area contributed by atoms with Crippen molar-refractivity contribution in [3.63, 3.8) is 0 Å². The number of amides is 1. The highest BCUT2D eigenvalue weighted by Crippen LogP contribution is 2.08. The third-order valence-electron chi connectivity index (χ3n) is 3.30. The number of ether oxygens (including phenoxy) is 1. The molecule has 2 N–H and O–H groups in total. The summed E-state index contributed by atoms with van der Waals surface area (Å²) < 4.78 is 5.46. The molecule has 0 radical (unpaired) electrons. The summed E-state index contributed by atoms with van der Waals surface area (Å²) in [4.78, 5) is 26.4. The van der Waals surface area contributed by atoms with Crippen LogP contribution in [0.2, 0.25) is 0 Å². The summed E-state index contributed by atoms with van der Waals surface area (Å²) in [5.74, 6) is 0.594. The molecule has 0 aliphatic carbocycles. The van der Waals surface area contributed by atoms with Gasteiger partial charge in [0.1, 0.15) is 5.75 Å². The highest BCUT2D eigenvalue weighted by molar-refractivity contribution is 5.76. The van der Waals surface area contributed by atoms with Crippen LogP contribution in [0.15, 0.2) is 41.2 Å². The fourth-order valence-corrected chi connectivity index (χ4v) is 2.15. The fraction of sp³-hybridized carbons (Fsp3) is 0.294. The van der Waals surface area contributed by atoms with Gasteiger partial charge < -0.3 is 15.0 Å². The van der Waals surface area contributed by atoms with Gasteiger partial charge in [0, 0.05) is 17.8 Å². The van der Waals surface area contributed by atoms with Crippen LogP contribution in [0.3, 0.4) is 0 Å². The molecule has 1 aromatic carbocycles. The summed E-state index contributed by atoms with van der Waals surface area (Å²) in [5, 5.41) is 2.75. The molecule has 1 amide bonds. The Bertz CT molecular complexity index is 693. The third-order valence-corrected chi connectivity index (χ3v) is 3.30. The number of carbonyl (C=O) groups excluding carboxylic acids is 1. The molecule has 0 aliphatic heterocycles. The molecule has 0 saturated heterocycles. The van der Waals surface area contributed by atoms with Crippen molar-refractivity contribution in [1.82, 2.24) is 10.3 Å². The second kappa shape index (κ2) is 7.45. The van der Waals surface area contributed by atoms with E-state index in [9.17, 15) is 9.59 Å². The first-order chi connectivity index (χ1) is 10.6. The number of H-pyrrole nitrogens is 1. The fourth-order valence-electron chi connectivity index (χ4n) is 2.15. The zero-order valence-corrected chi connectivity index (χ0v) is 12.8. The molecule has 116 valence electrons. The van der Waals surface area contributed by atoms with Crippen molar-refractivity contribution in [1.29, 1.82) is 0 Å². The molecule has 22 heavy (non-hydrogen) atoms. The minimum Gasteiger partial charge on any atom is -0.493 e. The average Bonchev–Trinajstić information content (AvgIpc) is 2.47. The van der Waals surface area contributed by atoms with Gasteiger partial charge in [0.25, 0.3) is 5.56 Å². The van der Waals surface area contributed by atoms with E-state index in [1.165, 1.54) is 0 Å². The van der Waals surface area contributed by atoms with Gasteiger partial charge >= 0.3 is 0 Å². The van der Waals surface area contributed by atoms with Gasteiger partial charge in [-0.05, 0) is 37.6 Å². The SMILES string of the molecule is Cc1cc(C)c(CNC(=O)CCOc2ccccc2)c(=O)[nH]1. The lowest BCUT2D eigenvalue weighted by molar-refractivity contribution is -0.121. The lowest BCUT2D eigenvalue weighted by Gasteiger charge is -2.09. The van der Waals surface area contributed by atoms with Crippen molar-refractivity contribution in [3.8, 4) is 5.75 Å². The number of aromatic amines is 1. The molecule has 2 rings (SSSR count). The highest BCUT2D eigenvalue weighted by atomic mass is 16.5. The van der Waals surface area contributed by atoms with Gasteiger partial charge in [0.05, 0.1) is 13.0 Å². The van der Waals surface area contributed by atoms with E-state index >= 15 is 0 Å². The Morgan fingerprint density at radius 2 is 1.95 bits per heavy atom. The van der Waals surface area contributed by atoms with E-state index in [1.54, 1.807) is 0 Å². The van der Waals surface area contributed by atoms with Crippen LogP contribution in [0.1, 0.15) is 23.2 Å². The molecular weight excluding hydrogens is 280 g/mol. The Morgan fingerprint density at radius 3 is 2.64 bits per heavy atom. The summed E-state index contributed by atoms with van der Waals surface area (Å²) in [6.07, 6.45) is 0.248. The zero-order chi connectivity index (χ0) is 15.9. The van der Waals surface area contributed by atoms with Crippen molar-refractivity contribution < 1.29 is 9.53 Å². The van der Waals surface area contributed by atoms with Crippen LogP contribution in [0.5, 0.6) is 5.75 Å². The largest absolute Gasteiger partial charge is 0.493 e. The molecule has 0 atom stereocenters. The zero-order valence-electron chi connectivity index (χ0n) is 12.8. The minimum absolute atomic E-state index is 0.143. The summed E-state index contributed by atoms with van der Waals surface area (Å²) in [7, 11) is 0. The molecule has 0 unspecified atom stereocenters. The van der Waals surface area contributed by atoms with Crippen LogP contribution in [-0.2, 0) is 11.3 Å². The van der Waals surface area contributed by atoms with Gasteiger partial charge in [0.15, 0.2) is 0 Å². The topological polar surface area (TPSA) is 71.2 Å². The molecule has 0 spiro atoms. The maximum atomic E-state index is 11.8. The molecule has 5 nitrogen and oxygen atoms in total. The van der Waals surface area contributed by atoms with Crippen LogP contribution >= 0.6 is 0 Å². The van der Waals surface area contributed by atoms with Gasteiger partial charge in [-0.2, -0.15) is 0 Å². The van der Waals surface area contributed by atoms with Crippen molar-refractivity contribution >= 4 is 5.91 Å². The normalized spacial score (nSPS) is 10.3. The summed E-state index contributed by atoms with van der Waals surface area (Å²) in [6, 6.07) is 11.2. The van der Waals surface area contributed by atoms with E-state index in [0.29, 0.717) is 12.2 Å². The van der Waals surface area contributed by atoms with Gasteiger partial charge in [0.2, 0.25) is 5.91 Å². The van der Waals surface area contributed by atoms with Gasteiger partial charge in [-0.1, -0.05) is 18.2 Å². The minimum atomic E-state index is -0.154. The van der Waals surface area contributed by atoms with Gasteiger partial charge in [-0.15, -0.1) is 0 Å². The van der Waals surface area contributed by atoms with Crippen molar-refractivity contribution in [3.05, 3.63) is 63.6 Å². The number of aromatic nitrogens is 1. The van der Waals surface area contributed by atoms with Crippen LogP contribution < -0.4 is 15.6 Å². The number of hydrogen-bond acceptors (Lipinski definition) is 3. The van der Waals surface area contributed by atoms with E-state index in [1.807, 2.05) is 50.2 Å². The number of rotatable bonds is 6. The lowest BCUT2D eigenvalue weighted by Crippen LogP contribution is -2.28. The summed E-state index contributed by atoms with van der Waals surface area (Å²) in [6.45, 7) is 4.23. The molecule has 2 aromatic rings. The summed E-state index contributed by atoms with van der Waals surface area (Å²) in [5.41, 5.74) is 2.12. The number of carbonyl (C=O) groups is 1. The molecule has 0 aliphatic rings. The molecular formula is C17H20N2O3. The monoisotopic (exact) mass is 300 g/mol. The van der Waals surface area contributed by atoms with Gasteiger partial charge in [-0.3, -0.25) is 9.59 Å². The number of nitrogens with one attached hydrogen (secondary N) is 2. The van der Waals surface area contributed by atoms with Gasteiger partial charge in [-0.25, -0.2) is 0 Å². The van der Waals surface area contributed by atoms with E-state index in [2.05, 4.69) is 10.3 Å². The Morgan fingerprint density at radius 1 is 1.23 bits per heavy atom. The average molecular weight is 300 g/mol. The summed E-state index contributed by atoms with van der Waals surface area (Å²) >= 11 is 0. The molecule has 1 heterocycles. The van der Waals surface area contributed by atoms with Crippen molar-refractivity contribution in [2.24, 2.45) is 0 Å². The van der Waals surface area contributed by atoms with Crippen LogP contribution in [-0.4, -0.2) is 17.5 Å². The van der Waals surface area contributed by atoms with Crippen molar-refractivity contribution in [2.75, 3.05) is 6.61 Å². The lowest BCUT2D eigenvalue weighted by atomic mass is 10.1. The number of hydrogen-bond donors (Lipinski definition) is 2. The maximum Gasteiger partial charge on any atom is 0.253 e. The predicted octanol–water partition coefficient (Wildman–Crippen LogP) is 2.08. The first kappa shape index (κ1) is 15.8. The Kier molecular flexibility index (Phi) is 5.36. The second-order valence-corrected chi connectivity index (χ2v) is 5.13. The Balaban J connectivity index is 1.80. The number of para-hydroxylation sites is 1. The van der Waals surface area contributed by atoms with Crippen LogP contribution in [0.4, 0.5) is 0 Å². The Hall–Kier alpha value is -2.56. The van der Waals surface area contributed by atoms with E-state index in [4.69, 9.17) is 4.74 Å². The quantitative estimate of drug-likeness (QED) is 0.858. The number of benzene rings is 1. The van der Waals surface area contributed by atoms with E-state index < -0.39 is 0 Å². The van der Waals surface area contributed by atoms with Crippen LogP contribution in [0, 0.1) is 13.8 Å². The molecule has 0 fully saturated rings. The first-order valence-electron chi connectivity index (χ1n) is 7.20. The number of pyridine rings is 1. The third kappa shape index (κ3) is 4.48. The molecule has 1 aromatic heterocycles. The smallest absolute Gasteiger partial charge is 0.253 e. The molecule has 5 heteroatoms.